The summed E-state index contributed by atoms with van der Waals surface area (Å²) in [5, 5.41) is 11.0. The van der Waals surface area contributed by atoms with Crippen LogP contribution in [0.25, 0.3) is 0 Å². The van der Waals surface area contributed by atoms with Gasteiger partial charge in [0.25, 0.3) is 5.91 Å². The number of carbonyl (C=O) groups is 3. The van der Waals surface area contributed by atoms with E-state index in [4.69, 9.17) is 21.1 Å². The van der Waals surface area contributed by atoms with E-state index in [9.17, 15) is 19.5 Å². The number of aliphatic hydroxyl groups excluding tert-OH is 1. The molecule has 3 aliphatic heterocycles. The van der Waals surface area contributed by atoms with Crippen molar-refractivity contribution < 1.29 is 29.0 Å². The number of likely N-dealkylation sites (tertiary alicyclic amines) is 1. The standard InChI is InChI=1S/C31H41ClN2O6/c1-7-9-10-16-39-29(38)25-24-27(36)34(23(18-35)19(3)4)26(31(24)17-20(5)30(25,6)40-31)28(37)33(15-8-2)22-13-11-21(32)12-14-22/h7-8,11-14,19-20,23-26,35H,1-2,9-10,15-18H2,3-6H3/t20?,23-,24-,25+,26?,30-,31?/m0/s1. The van der Waals surface area contributed by atoms with Crippen LogP contribution in [0.15, 0.2) is 49.6 Å². The largest absolute Gasteiger partial charge is 0.465 e. The Hall–Kier alpha value is -2.68. The van der Waals surface area contributed by atoms with Gasteiger partial charge >= 0.3 is 5.97 Å². The van der Waals surface area contributed by atoms with Crippen LogP contribution in [0.3, 0.4) is 0 Å². The Morgan fingerprint density at radius 2 is 1.95 bits per heavy atom. The molecular weight excluding hydrogens is 532 g/mol. The molecule has 3 heterocycles. The average Bonchev–Trinajstić information content (AvgIpc) is 3.42. The molecular formula is C31H41ClN2O6. The molecule has 1 aromatic carbocycles. The summed E-state index contributed by atoms with van der Waals surface area (Å²) >= 11 is 6.12. The topological polar surface area (TPSA) is 96.4 Å². The Morgan fingerprint density at radius 3 is 2.52 bits per heavy atom. The SMILES string of the molecule is C=CCCCOC(=O)[C@H]1[C@H]2C(=O)N([C@@H](CO)C(C)C)C(C(=O)N(CC=C)c3ccc(Cl)cc3)C23CC(C)[C@]1(C)O3. The number of allylic oxidation sites excluding steroid dienone is 1. The van der Waals surface area contributed by atoms with Crippen LogP contribution in [0.4, 0.5) is 5.69 Å². The van der Waals surface area contributed by atoms with Gasteiger partial charge in [-0.1, -0.05) is 44.5 Å². The molecule has 2 amide bonds. The molecule has 1 spiro atoms. The summed E-state index contributed by atoms with van der Waals surface area (Å²) in [6, 6.07) is 5.18. The van der Waals surface area contributed by atoms with Crippen LogP contribution in [0.5, 0.6) is 0 Å². The molecule has 7 atom stereocenters. The van der Waals surface area contributed by atoms with Crippen molar-refractivity contribution in [1.29, 1.82) is 0 Å². The maximum atomic E-state index is 14.6. The number of hydrogen-bond acceptors (Lipinski definition) is 6. The predicted octanol–water partition coefficient (Wildman–Crippen LogP) is 4.40. The third kappa shape index (κ3) is 4.78. The number of esters is 1. The first-order valence-corrected chi connectivity index (χ1v) is 14.4. The van der Waals surface area contributed by atoms with E-state index < -0.39 is 41.1 Å². The maximum Gasteiger partial charge on any atom is 0.312 e. The summed E-state index contributed by atoms with van der Waals surface area (Å²) in [4.78, 5) is 45.7. The molecule has 40 heavy (non-hydrogen) atoms. The summed E-state index contributed by atoms with van der Waals surface area (Å²) in [5.74, 6) is -3.25. The smallest absolute Gasteiger partial charge is 0.312 e. The average molecular weight is 573 g/mol. The molecule has 9 heteroatoms. The van der Waals surface area contributed by atoms with E-state index in [1.165, 1.54) is 4.90 Å². The van der Waals surface area contributed by atoms with Crippen LogP contribution in [0, 0.1) is 23.7 Å². The molecule has 3 unspecified atom stereocenters. The van der Waals surface area contributed by atoms with E-state index in [1.807, 2.05) is 27.7 Å². The summed E-state index contributed by atoms with van der Waals surface area (Å²) < 4.78 is 12.5. The van der Waals surface area contributed by atoms with E-state index in [0.29, 0.717) is 30.0 Å². The second-order valence-corrected chi connectivity index (χ2v) is 12.2. The summed E-state index contributed by atoms with van der Waals surface area (Å²) in [5.41, 5.74) is -1.63. The molecule has 1 aromatic rings. The van der Waals surface area contributed by atoms with E-state index >= 15 is 0 Å². The Kier molecular flexibility index (Phi) is 8.83. The highest BCUT2D eigenvalue weighted by Crippen LogP contribution is 2.66. The minimum Gasteiger partial charge on any atom is -0.465 e. The lowest BCUT2D eigenvalue weighted by atomic mass is 9.62. The molecule has 3 aliphatic rings. The minimum absolute atomic E-state index is 0.118. The third-order valence-corrected chi connectivity index (χ3v) is 9.32. The first kappa shape index (κ1) is 30.3. The number of anilines is 1. The van der Waals surface area contributed by atoms with E-state index in [2.05, 4.69) is 13.2 Å². The molecule has 0 saturated carbocycles. The molecule has 0 radical (unpaired) electrons. The summed E-state index contributed by atoms with van der Waals surface area (Å²) in [7, 11) is 0. The number of carbonyl (C=O) groups excluding carboxylic acids is 3. The zero-order chi connectivity index (χ0) is 29.4. The number of fused-ring (bicyclic) bond motifs is 1. The van der Waals surface area contributed by atoms with Crippen LogP contribution in [-0.2, 0) is 23.9 Å². The quantitative estimate of drug-likeness (QED) is 0.227. The van der Waals surface area contributed by atoms with Gasteiger partial charge in [0.2, 0.25) is 5.91 Å². The number of nitrogens with zero attached hydrogens (tertiary/aromatic N) is 2. The van der Waals surface area contributed by atoms with Crippen molar-refractivity contribution in [2.45, 2.75) is 70.2 Å². The second kappa shape index (κ2) is 11.7. The molecule has 3 fully saturated rings. The van der Waals surface area contributed by atoms with Gasteiger partial charge in [0, 0.05) is 17.3 Å². The Labute approximate surface area is 241 Å². The number of benzene rings is 1. The highest BCUT2D eigenvalue weighted by molar-refractivity contribution is 6.30. The van der Waals surface area contributed by atoms with Crippen LogP contribution in [0.2, 0.25) is 5.02 Å². The first-order chi connectivity index (χ1) is 19.0. The van der Waals surface area contributed by atoms with Gasteiger partial charge < -0.3 is 24.4 Å². The van der Waals surface area contributed by atoms with Crippen molar-refractivity contribution in [2.75, 3.05) is 24.7 Å². The monoisotopic (exact) mass is 572 g/mol. The maximum absolute atomic E-state index is 14.6. The number of hydrogen-bond donors (Lipinski definition) is 1. The minimum atomic E-state index is -1.25. The molecule has 3 saturated heterocycles. The number of halogens is 1. The van der Waals surface area contributed by atoms with Crippen molar-refractivity contribution in [3.63, 3.8) is 0 Å². The van der Waals surface area contributed by atoms with Gasteiger partial charge in [0.15, 0.2) is 0 Å². The molecule has 1 N–H and O–H groups in total. The van der Waals surface area contributed by atoms with Gasteiger partial charge in [0.05, 0.1) is 30.8 Å². The third-order valence-electron chi connectivity index (χ3n) is 9.07. The zero-order valence-electron chi connectivity index (χ0n) is 23.8. The van der Waals surface area contributed by atoms with Gasteiger partial charge in [-0.15, -0.1) is 13.2 Å². The Balaban J connectivity index is 1.82. The molecule has 8 nitrogen and oxygen atoms in total. The fourth-order valence-corrected chi connectivity index (χ4v) is 7.13. The van der Waals surface area contributed by atoms with Crippen molar-refractivity contribution in [1.82, 2.24) is 4.90 Å². The zero-order valence-corrected chi connectivity index (χ0v) is 24.6. The Bertz CT molecular complexity index is 1150. The number of amides is 2. The van der Waals surface area contributed by atoms with E-state index in [0.717, 1.165) is 0 Å². The van der Waals surface area contributed by atoms with Crippen molar-refractivity contribution in [3.8, 4) is 0 Å². The van der Waals surface area contributed by atoms with Crippen LogP contribution in [-0.4, -0.2) is 70.8 Å². The molecule has 2 bridgehead atoms. The highest BCUT2D eigenvalue weighted by Gasteiger charge is 2.81. The first-order valence-electron chi connectivity index (χ1n) is 14.1. The molecule has 4 rings (SSSR count). The number of aliphatic hydroxyl groups is 1. The van der Waals surface area contributed by atoms with Crippen LogP contribution < -0.4 is 4.90 Å². The van der Waals surface area contributed by atoms with E-state index in [1.54, 1.807) is 41.3 Å². The number of ether oxygens (including phenoxy) is 2. The number of rotatable bonds is 12. The lowest BCUT2D eigenvalue weighted by Gasteiger charge is -2.40. The summed E-state index contributed by atoms with van der Waals surface area (Å²) in [6.45, 7) is 15.3. The van der Waals surface area contributed by atoms with Gasteiger partial charge in [-0.05, 0) is 62.3 Å². The van der Waals surface area contributed by atoms with Gasteiger partial charge in [0.1, 0.15) is 17.6 Å². The van der Waals surface area contributed by atoms with Gasteiger partial charge in [-0.3, -0.25) is 14.4 Å². The van der Waals surface area contributed by atoms with Crippen molar-refractivity contribution >= 4 is 35.1 Å². The highest BCUT2D eigenvalue weighted by atomic mass is 35.5. The molecule has 0 aliphatic carbocycles. The fourth-order valence-electron chi connectivity index (χ4n) is 7.00. The van der Waals surface area contributed by atoms with E-state index in [-0.39, 0.29) is 43.4 Å². The number of unbranched alkanes of at least 4 members (excludes halogenated alkanes) is 1. The van der Waals surface area contributed by atoms with Crippen molar-refractivity contribution in [3.05, 3.63) is 54.6 Å². The van der Waals surface area contributed by atoms with Crippen LogP contribution >= 0.6 is 11.6 Å². The van der Waals surface area contributed by atoms with Crippen molar-refractivity contribution in [2.24, 2.45) is 23.7 Å². The predicted molar refractivity (Wildman–Crippen MR) is 154 cm³/mol. The normalized spacial score (nSPS) is 31.3. The van der Waals surface area contributed by atoms with Crippen LogP contribution in [0.1, 0.15) is 47.0 Å². The molecule has 218 valence electrons. The second-order valence-electron chi connectivity index (χ2n) is 11.8. The summed E-state index contributed by atoms with van der Waals surface area (Å²) in [6.07, 6.45) is 5.14. The fraction of sp³-hybridized carbons (Fsp3) is 0.581. The Morgan fingerprint density at radius 1 is 1.27 bits per heavy atom. The molecule has 0 aromatic heterocycles. The lowest BCUT2D eigenvalue weighted by molar-refractivity contribution is -0.162. The van der Waals surface area contributed by atoms with Gasteiger partial charge in [-0.2, -0.15) is 0 Å². The van der Waals surface area contributed by atoms with Gasteiger partial charge in [-0.25, -0.2) is 0 Å². The lowest BCUT2D eigenvalue weighted by Crippen LogP contribution is -2.60.